The largest absolute Gasteiger partial charge is 0.372 e. The maximum atomic E-state index is 4.45. The van der Waals surface area contributed by atoms with Crippen molar-refractivity contribution in [2.45, 2.75) is 12.8 Å². The molecule has 2 aliphatic heterocycles. The van der Waals surface area contributed by atoms with Gasteiger partial charge in [-0.1, -0.05) is 0 Å². The Labute approximate surface area is 149 Å². The van der Waals surface area contributed by atoms with E-state index < -0.39 is 0 Å². The van der Waals surface area contributed by atoms with Gasteiger partial charge in [-0.15, -0.1) is 0 Å². The van der Waals surface area contributed by atoms with Crippen LogP contribution in [-0.2, 0) is 0 Å². The number of nitrogens with zero attached hydrogens (tertiary/aromatic N) is 5. The second-order valence-electron chi connectivity index (χ2n) is 6.92. The van der Waals surface area contributed by atoms with Gasteiger partial charge in [0.15, 0.2) is 0 Å². The Hall–Kier alpha value is -2.34. The number of aromatic nitrogens is 2. The summed E-state index contributed by atoms with van der Waals surface area (Å²) >= 11 is 0. The summed E-state index contributed by atoms with van der Waals surface area (Å²) in [6.45, 7) is 6.52. The minimum atomic E-state index is 0.845. The summed E-state index contributed by atoms with van der Waals surface area (Å²) in [5, 5.41) is 3.40. The Morgan fingerprint density at radius 2 is 1.56 bits per heavy atom. The molecule has 0 atom stereocenters. The van der Waals surface area contributed by atoms with Crippen LogP contribution in [0.5, 0.6) is 0 Å². The SMILES string of the molecule is CN1CCN(c2cc(Nc3ccc(N4CCCC4)cc3)ncn2)CC1. The van der Waals surface area contributed by atoms with Gasteiger partial charge in [0.25, 0.3) is 0 Å². The summed E-state index contributed by atoms with van der Waals surface area (Å²) in [4.78, 5) is 15.9. The van der Waals surface area contributed by atoms with Gasteiger partial charge in [0.05, 0.1) is 0 Å². The molecule has 0 aliphatic carbocycles. The molecular formula is C19H26N6. The van der Waals surface area contributed by atoms with E-state index in [2.05, 4.69) is 61.3 Å². The molecule has 132 valence electrons. The number of rotatable bonds is 4. The highest BCUT2D eigenvalue weighted by Crippen LogP contribution is 2.24. The molecule has 0 unspecified atom stereocenters. The average Bonchev–Trinajstić information content (AvgIpc) is 3.18. The highest BCUT2D eigenvalue weighted by Gasteiger charge is 2.16. The molecule has 6 heteroatoms. The lowest BCUT2D eigenvalue weighted by Gasteiger charge is -2.33. The molecule has 0 saturated carbocycles. The lowest BCUT2D eigenvalue weighted by atomic mass is 10.2. The summed E-state index contributed by atoms with van der Waals surface area (Å²) in [5.74, 6) is 1.84. The van der Waals surface area contributed by atoms with E-state index >= 15 is 0 Å². The zero-order valence-electron chi connectivity index (χ0n) is 14.9. The van der Waals surface area contributed by atoms with E-state index in [0.717, 1.165) is 43.5 Å². The monoisotopic (exact) mass is 338 g/mol. The van der Waals surface area contributed by atoms with E-state index in [0.29, 0.717) is 0 Å². The molecule has 1 aromatic heterocycles. The zero-order valence-corrected chi connectivity index (χ0v) is 14.9. The average molecular weight is 338 g/mol. The lowest BCUT2D eigenvalue weighted by Crippen LogP contribution is -2.44. The van der Waals surface area contributed by atoms with Crippen molar-refractivity contribution >= 4 is 23.0 Å². The van der Waals surface area contributed by atoms with Crippen molar-refractivity contribution in [1.29, 1.82) is 0 Å². The van der Waals surface area contributed by atoms with E-state index in [1.54, 1.807) is 6.33 Å². The van der Waals surface area contributed by atoms with Crippen molar-refractivity contribution in [3.05, 3.63) is 36.7 Å². The maximum Gasteiger partial charge on any atom is 0.135 e. The molecule has 0 radical (unpaired) electrons. The molecule has 2 aliphatic rings. The molecule has 2 fully saturated rings. The number of hydrogen-bond acceptors (Lipinski definition) is 6. The van der Waals surface area contributed by atoms with Crippen LogP contribution in [0.3, 0.4) is 0 Å². The third kappa shape index (κ3) is 3.85. The first-order chi connectivity index (χ1) is 12.3. The predicted molar refractivity (Wildman–Crippen MR) is 103 cm³/mol. The summed E-state index contributed by atoms with van der Waals surface area (Å²) in [7, 11) is 2.16. The van der Waals surface area contributed by atoms with Gasteiger partial charge in [-0.2, -0.15) is 0 Å². The van der Waals surface area contributed by atoms with E-state index in [1.165, 1.54) is 31.6 Å². The first-order valence-electron chi connectivity index (χ1n) is 9.15. The van der Waals surface area contributed by atoms with Crippen LogP contribution in [0.4, 0.5) is 23.0 Å². The summed E-state index contributed by atoms with van der Waals surface area (Å²) < 4.78 is 0. The van der Waals surface area contributed by atoms with Gasteiger partial charge in [-0.3, -0.25) is 0 Å². The Kier molecular flexibility index (Phi) is 4.70. The second kappa shape index (κ2) is 7.27. The second-order valence-corrected chi connectivity index (χ2v) is 6.92. The van der Waals surface area contributed by atoms with Crippen LogP contribution in [0.25, 0.3) is 0 Å². The van der Waals surface area contributed by atoms with Crippen molar-refractivity contribution in [2.24, 2.45) is 0 Å². The van der Waals surface area contributed by atoms with E-state index in [-0.39, 0.29) is 0 Å². The maximum absolute atomic E-state index is 4.45. The highest BCUT2D eigenvalue weighted by atomic mass is 15.3. The molecule has 0 spiro atoms. The van der Waals surface area contributed by atoms with Crippen LogP contribution in [0.2, 0.25) is 0 Å². The molecule has 3 heterocycles. The zero-order chi connectivity index (χ0) is 17.1. The summed E-state index contributed by atoms with van der Waals surface area (Å²) in [5.41, 5.74) is 2.37. The van der Waals surface area contributed by atoms with E-state index in [9.17, 15) is 0 Å². The van der Waals surface area contributed by atoms with Crippen molar-refractivity contribution in [3.8, 4) is 0 Å². The number of nitrogens with one attached hydrogen (secondary N) is 1. The fraction of sp³-hybridized carbons (Fsp3) is 0.474. The van der Waals surface area contributed by atoms with Crippen molar-refractivity contribution in [1.82, 2.24) is 14.9 Å². The van der Waals surface area contributed by atoms with E-state index in [1.807, 2.05) is 6.07 Å². The van der Waals surface area contributed by atoms with Gasteiger partial charge in [0, 0.05) is 56.7 Å². The molecule has 0 bridgehead atoms. The predicted octanol–water partition coefficient (Wildman–Crippen LogP) is 2.57. The summed E-state index contributed by atoms with van der Waals surface area (Å²) in [6.07, 6.45) is 4.25. The standard InChI is InChI=1S/C19H26N6/c1-23-10-12-25(13-11-23)19-14-18(20-15-21-19)22-16-4-6-17(7-5-16)24-8-2-3-9-24/h4-7,14-15H,2-3,8-13H2,1H3,(H,20,21,22). The van der Waals surface area contributed by atoms with Crippen LogP contribution in [0.1, 0.15) is 12.8 Å². The fourth-order valence-corrected chi connectivity index (χ4v) is 3.50. The molecule has 2 saturated heterocycles. The van der Waals surface area contributed by atoms with Crippen LogP contribution in [0.15, 0.2) is 36.7 Å². The topological polar surface area (TPSA) is 47.5 Å². The first kappa shape index (κ1) is 16.1. The highest BCUT2D eigenvalue weighted by molar-refractivity contribution is 5.62. The molecule has 1 N–H and O–H groups in total. The fourth-order valence-electron chi connectivity index (χ4n) is 3.50. The third-order valence-electron chi connectivity index (χ3n) is 5.09. The van der Waals surface area contributed by atoms with Crippen molar-refractivity contribution in [2.75, 3.05) is 61.4 Å². The normalized spacial score (nSPS) is 18.6. The van der Waals surface area contributed by atoms with Gasteiger partial charge in [-0.25, -0.2) is 9.97 Å². The number of anilines is 4. The van der Waals surface area contributed by atoms with Crippen LogP contribution < -0.4 is 15.1 Å². The van der Waals surface area contributed by atoms with Crippen molar-refractivity contribution < 1.29 is 0 Å². The molecule has 6 nitrogen and oxygen atoms in total. The Bertz CT molecular complexity index is 687. The van der Waals surface area contributed by atoms with Gasteiger partial charge < -0.3 is 20.0 Å². The van der Waals surface area contributed by atoms with E-state index in [4.69, 9.17) is 0 Å². The van der Waals surface area contributed by atoms with Gasteiger partial charge in [-0.05, 0) is 44.2 Å². The molecule has 25 heavy (non-hydrogen) atoms. The molecule has 1 aromatic carbocycles. The minimum Gasteiger partial charge on any atom is -0.372 e. The smallest absolute Gasteiger partial charge is 0.135 e. The first-order valence-corrected chi connectivity index (χ1v) is 9.15. The van der Waals surface area contributed by atoms with Crippen LogP contribution in [-0.4, -0.2) is 61.2 Å². The quantitative estimate of drug-likeness (QED) is 0.925. The van der Waals surface area contributed by atoms with Crippen LogP contribution in [0, 0.1) is 0 Å². The number of piperazine rings is 1. The van der Waals surface area contributed by atoms with Gasteiger partial charge in [0.1, 0.15) is 18.0 Å². The Balaban J connectivity index is 1.43. The molecule has 2 aromatic rings. The van der Waals surface area contributed by atoms with Gasteiger partial charge in [0.2, 0.25) is 0 Å². The van der Waals surface area contributed by atoms with Gasteiger partial charge >= 0.3 is 0 Å². The number of likely N-dealkylation sites (N-methyl/N-ethyl adjacent to an activating group) is 1. The minimum absolute atomic E-state index is 0.845. The molecular weight excluding hydrogens is 312 g/mol. The van der Waals surface area contributed by atoms with Crippen LogP contribution >= 0.6 is 0 Å². The van der Waals surface area contributed by atoms with Crippen molar-refractivity contribution in [3.63, 3.8) is 0 Å². The number of benzene rings is 1. The molecule has 4 rings (SSSR count). The Morgan fingerprint density at radius 1 is 0.840 bits per heavy atom. The number of hydrogen-bond donors (Lipinski definition) is 1. The lowest BCUT2D eigenvalue weighted by molar-refractivity contribution is 0.312. The summed E-state index contributed by atoms with van der Waals surface area (Å²) in [6, 6.07) is 10.7. The third-order valence-corrected chi connectivity index (χ3v) is 5.09. The molecule has 0 amide bonds. The Morgan fingerprint density at radius 3 is 2.28 bits per heavy atom.